The second-order valence-electron chi connectivity index (χ2n) is 5.61. The number of carbonyl (C=O) groups is 1. The lowest BCUT2D eigenvalue weighted by molar-refractivity contribution is 0.0728. The number of hydrogen-bond acceptors (Lipinski definition) is 5. The van der Waals surface area contributed by atoms with E-state index in [2.05, 4.69) is 15.9 Å². The minimum Gasteiger partial charge on any atom is -0.497 e. The number of hydrogen-bond donors (Lipinski definition) is 0. The highest BCUT2D eigenvalue weighted by Crippen LogP contribution is 2.28. The Bertz CT molecular complexity index is 1010. The summed E-state index contributed by atoms with van der Waals surface area (Å²) >= 11 is 3.39. The predicted molar refractivity (Wildman–Crippen MR) is 97.6 cm³/mol. The van der Waals surface area contributed by atoms with Crippen LogP contribution >= 0.6 is 15.9 Å². The molecule has 0 bridgehead atoms. The van der Waals surface area contributed by atoms with Crippen molar-refractivity contribution in [2.75, 3.05) is 7.11 Å². The lowest BCUT2D eigenvalue weighted by Gasteiger charge is -2.11. The highest BCUT2D eigenvalue weighted by atomic mass is 79.9. The zero-order valence-electron chi connectivity index (χ0n) is 13.9. The summed E-state index contributed by atoms with van der Waals surface area (Å²) in [7, 11) is 1.54. The molecule has 0 saturated heterocycles. The first kappa shape index (κ1) is 17.2. The molecule has 0 aliphatic heterocycles. The van der Waals surface area contributed by atoms with Crippen molar-refractivity contribution in [3.63, 3.8) is 0 Å². The van der Waals surface area contributed by atoms with Crippen molar-refractivity contribution in [3.05, 3.63) is 68.0 Å². The van der Waals surface area contributed by atoms with E-state index in [-0.39, 0.29) is 5.56 Å². The minimum atomic E-state index is -0.757. The summed E-state index contributed by atoms with van der Waals surface area (Å²) in [6.07, 6.45) is 0. The van der Waals surface area contributed by atoms with E-state index in [9.17, 15) is 9.59 Å². The Kier molecular flexibility index (Phi) is 4.63. The molecule has 1 heterocycles. The summed E-state index contributed by atoms with van der Waals surface area (Å²) in [5, 5.41) is 0.579. The number of benzene rings is 2. The molecule has 5 nitrogen and oxygen atoms in total. The van der Waals surface area contributed by atoms with Gasteiger partial charge in [-0.2, -0.15) is 0 Å². The van der Waals surface area contributed by atoms with E-state index in [0.717, 1.165) is 15.6 Å². The average Bonchev–Trinajstić information content (AvgIpc) is 2.56. The van der Waals surface area contributed by atoms with Gasteiger partial charge in [0.15, 0.2) is 0 Å². The number of aryl methyl sites for hydroxylation is 2. The van der Waals surface area contributed by atoms with E-state index in [0.29, 0.717) is 22.5 Å². The Hall–Kier alpha value is -2.60. The number of methoxy groups -OCH3 is 1. The predicted octanol–water partition coefficient (Wildman–Crippen LogP) is 4.40. The molecule has 3 rings (SSSR count). The van der Waals surface area contributed by atoms with Gasteiger partial charge in [-0.3, -0.25) is 0 Å². The van der Waals surface area contributed by atoms with Crippen LogP contribution in [0.1, 0.15) is 21.5 Å². The molecular weight excluding hydrogens is 388 g/mol. The fourth-order valence-electron chi connectivity index (χ4n) is 2.58. The molecule has 0 saturated carbocycles. The molecule has 0 aliphatic carbocycles. The molecule has 0 N–H and O–H groups in total. The molecule has 0 atom stereocenters. The van der Waals surface area contributed by atoms with Gasteiger partial charge >= 0.3 is 11.6 Å². The maximum absolute atomic E-state index is 12.5. The van der Waals surface area contributed by atoms with Crippen molar-refractivity contribution < 1.29 is 18.7 Å². The summed E-state index contributed by atoms with van der Waals surface area (Å²) in [6, 6.07) is 10.1. The fourth-order valence-corrected chi connectivity index (χ4v) is 3.26. The number of esters is 1. The second kappa shape index (κ2) is 6.72. The molecule has 0 amide bonds. The number of carbonyl (C=O) groups excluding carboxylic acids is 1. The third kappa shape index (κ3) is 3.44. The van der Waals surface area contributed by atoms with Crippen LogP contribution in [0.3, 0.4) is 0 Å². The monoisotopic (exact) mass is 402 g/mol. The van der Waals surface area contributed by atoms with Gasteiger partial charge in [0.05, 0.1) is 7.11 Å². The van der Waals surface area contributed by atoms with Gasteiger partial charge in [-0.15, -0.1) is 0 Å². The molecular formula is C19H15BrO5. The van der Waals surface area contributed by atoms with E-state index < -0.39 is 11.6 Å². The van der Waals surface area contributed by atoms with Crippen LogP contribution in [-0.2, 0) is 0 Å². The molecule has 0 aliphatic rings. The van der Waals surface area contributed by atoms with E-state index in [1.54, 1.807) is 18.2 Å². The molecule has 0 radical (unpaired) electrons. The van der Waals surface area contributed by atoms with Gasteiger partial charge in [-0.1, -0.05) is 15.9 Å². The molecule has 6 heteroatoms. The van der Waals surface area contributed by atoms with Gasteiger partial charge in [0.1, 0.15) is 22.6 Å². The molecule has 1 aromatic heterocycles. The SMILES string of the molecule is COc1ccc2oc(=O)c(C(=O)Oc3c(C)cc(Br)cc3C)cc2c1. The van der Waals surface area contributed by atoms with Gasteiger partial charge < -0.3 is 13.9 Å². The third-order valence-electron chi connectivity index (χ3n) is 3.78. The molecule has 2 aromatic carbocycles. The van der Waals surface area contributed by atoms with Gasteiger partial charge in [-0.25, -0.2) is 9.59 Å². The molecule has 0 unspecified atom stereocenters. The minimum absolute atomic E-state index is 0.164. The molecule has 0 spiro atoms. The van der Waals surface area contributed by atoms with E-state index in [4.69, 9.17) is 13.9 Å². The molecule has 3 aromatic rings. The number of rotatable bonds is 3. The highest BCUT2D eigenvalue weighted by molar-refractivity contribution is 9.10. The summed E-state index contributed by atoms with van der Waals surface area (Å²) < 4.78 is 16.7. The molecule has 128 valence electrons. The zero-order chi connectivity index (χ0) is 18.1. The van der Waals surface area contributed by atoms with Crippen molar-refractivity contribution in [2.45, 2.75) is 13.8 Å². The smallest absolute Gasteiger partial charge is 0.351 e. The first-order valence-corrected chi connectivity index (χ1v) is 8.29. The Morgan fingerprint density at radius 3 is 2.40 bits per heavy atom. The fraction of sp³-hybridized carbons (Fsp3) is 0.158. The van der Waals surface area contributed by atoms with Crippen molar-refractivity contribution in [1.82, 2.24) is 0 Å². The van der Waals surface area contributed by atoms with Crippen molar-refractivity contribution in [1.29, 1.82) is 0 Å². The average molecular weight is 403 g/mol. The van der Waals surface area contributed by atoms with E-state index >= 15 is 0 Å². The highest BCUT2D eigenvalue weighted by Gasteiger charge is 2.18. The Morgan fingerprint density at radius 2 is 1.76 bits per heavy atom. The van der Waals surface area contributed by atoms with Crippen LogP contribution in [0, 0.1) is 13.8 Å². The van der Waals surface area contributed by atoms with Crippen LogP contribution in [0.15, 0.2) is 50.1 Å². The van der Waals surface area contributed by atoms with E-state index in [1.165, 1.54) is 13.2 Å². The van der Waals surface area contributed by atoms with Crippen LogP contribution in [-0.4, -0.2) is 13.1 Å². The maximum atomic E-state index is 12.5. The van der Waals surface area contributed by atoms with Crippen LogP contribution in [0.2, 0.25) is 0 Å². The third-order valence-corrected chi connectivity index (χ3v) is 4.24. The Balaban J connectivity index is 2.02. The van der Waals surface area contributed by atoms with Crippen LogP contribution in [0.25, 0.3) is 11.0 Å². The lowest BCUT2D eigenvalue weighted by atomic mass is 10.1. The van der Waals surface area contributed by atoms with Crippen LogP contribution in [0.4, 0.5) is 0 Å². The number of halogens is 1. The number of fused-ring (bicyclic) bond motifs is 1. The quantitative estimate of drug-likeness (QED) is 0.369. The number of ether oxygens (including phenoxy) is 2. The molecule has 25 heavy (non-hydrogen) atoms. The lowest BCUT2D eigenvalue weighted by Crippen LogP contribution is -2.19. The van der Waals surface area contributed by atoms with Crippen molar-refractivity contribution in [3.8, 4) is 11.5 Å². The van der Waals surface area contributed by atoms with Gasteiger partial charge in [0, 0.05) is 9.86 Å². The second-order valence-corrected chi connectivity index (χ2v) is 6.53. The van der Waals surface area contributed by atoms with Gasteiger partial charge in [0.2, 0.25) is 0 Å². The summed E-state index contributed by atoms with van der Waals surface area (Å²) in [5.74, 6) is 0.269. The van der Waals surface area contributed by atoms with E-state index in [1.807, 2.05) is 26.0 Å². The van der Waals surface area contributed by atoms with Gasteiger partial charge in [0.25, 0.3) is 0 Å². The Labute approximate surface area is 152 Å². The normalized spacial score (nSPS) is 10.7. The molecule has 0 fully saturated rings. The first-order valence-electron chi connectivity index (χ1n) is 7.50. The summed E-state index contributed by atoms with van der Waals surface area (Å²) in [6.45, 7) is 3.65. The van der Waals surface area contributed by atoms with Crippen molar-refractivity contribution >= 4 is 32.9 Å². The topological polar surface area (TPSA) is 65.7 Å². The Morgan fingerprint density at radius 1 is 1.08 bits per heavy atom. The van der Waals surface area contributed by atoms with Gasteiger partial charge in [-0.05, 0) is 61.4 Å². The zero-order valence-corrected chi connectivity index (χ0v) is 15.5. The van der Waals surface area contributed by atoms with Crippen LogP contribution < -0.4 is 15.1 Å². The first-order chi connectivity index (χ1) is 11.9. The van der Waals surface area contributed by atoms with Crippen molar-refractivity contribution in [2.24, 2.45) is 0 Å². The largest absolute Gasteiger partial charge is 0.497 e. The summed E-state index contributed by atoms with van der Waals surface area (Å²) in [5.41, 5.74) is 1.04. The summed E-state index contributed by atoms with van der Waals surface area (Å²) in [4.78, 5) is 24.6. The standard InChI is InChI=1S/C19H15BrO5/c1-10-6-13(20)7-11(2)17(10)25-19(22)15-9-12-8-14(23-3)4-5-16(12)24-18(15)21/h4-9H,1-3H3. The van der Waals surface area contributed by atoms with Crippen LogP contribution in [0.5, 0.6) is 11.5 Å². The maximum Gasteiger partial charge on any atom is 0.351 e.